The summed E-state index contributed by atoms with van der Waals surface area (Å²) in [7, 11) is 1.77. The van der Waals surface area contributed by atoms with Gasteiger partial charge in [0.1, 0.15) is 16.6 Å². The first-order valence-electron chi connectivity index (χ1n) is 4.08. The fourth-order valence-electron chi connectivity index (χ4n) is 1.39. The van der Waals surface area contributed by atoms with E-state index in [4.69, 9.17) is 11.6 Å². The van der Waals surface area contributed by atoms with E-state index in [1.807, 2.05) is 0 Å². The number of aldehydes is 1. The lowest BCUT2D eigenvalue weighted by atomic mass is 10.4. The van der Waals surface area contributed by atoms with Crippen molar-refractivity contribution in [3.63, 3.8) is 0 Å². The van der Waals surface area contributed by atoms with Gasteiger partial charge < -0.3 is 4.57 Å². The van der Waals surface area contributed by atoms with Gasteiger partial charge in [-0.25, -0.2) is 9.97 Å². The number of carbonyl (C=O) groups is 1. The van der Waals surface area contributed by atoms with Crippen LogP contribution in [0.3, 0.4) is 0 Å². The summed E-state index contributed by atoms with van der Waals surface area (Å²) in [6.07, 6.45) is 0.771. The normalized spacial score (nSPS) is 10.8. The molecule has 0 saturated heterocycles. The van der Waals surface area contributed by atoms with Crippen LogP contribution in [0.5, 0.6) is 0 Å². The van der Waals surface area contributed by atoms with E-state index in [1.165, 1.54) is 0 Å². The second kappa shape index (κ2) is 3.06. The van der Waals surface area contributed by atoms with E-state index in [0.29, 0.717) is 27.7 Å². The number of halogens is 1. The molecule has 0 aliphatic heterocycles. The fourth-order valence-corrected chi connectivity index (χ4v) is 1.65. The first-order valence-corrected chi connectivity index (χ1v) is 4.46. The Balaban J connectivity index is 2.91. The van der Waals surface area contributed by atoms with Crippen molar-refractivity contribution in [3.05, 3.63) is 22.7 Å². The van der Waals surface area contributed by atoms with Gasteiger partial charge in [0.25, 0.3) is 0 Å². The molecule has 0 aliphatic carbocycles. The monoisotopic (exact) mass is 209 g/mol. The molecule has 2 aromatic heterocycles. The van der Waals surface area contributed by atoms with Crippen molar-refractivity contribution in [2.45, 2.75) is 6.92 Å². The number of carbonyl (C=O) groups excluding carboxylic acids is 1. The van der Waals surface area contributed by atoms with Crippen LogP contribution in [0.2, 0.25) is 5.15 Å². The first kappa shape index (κ1) is 9.15. The minimum absolute atomic E-state index is 0.385. The highest BCUT2D eigenvalue weighted by Crippen LogP contribution is 2.22. The molecule has 2 heterocycles. The van der Waals surface area contributed by atoms with Gasteiger partial charge in [-0.3, -0.25) is 4.79 Å². The quantitative estimate of drug-likeness (QED) is 0.531. The van der Waals surface area contributed by atoms with Crippen LogP contribution in [0.1, 0.15) is 16.3 Å². The lowest BCUT2D eigenvalue weighted by molar-refractivity contribution is 0.111. The molecule has 4 nitrogen and oxygen atoms in total. The summed E-state index contributed by atoms with van der Waals surface area (Å²) in [4.78, 5) is 18.9. The number of hydrogen-bond acceptors (Lipinski definition) is 3. The van der Waals surface area contributed by atoms with Crippen LogP contribution < -0.4 is 0 Å². The first-order chi connectivity index (χ1) is 6.63. The van der Waals surface area contributed by atoms with Gasteiger partial charge in [-0.05, 0) is 13.0 Å². The third-order valence-electron chi connectivity index (χ3n) is 2.11. The lowest BCUT2D eigenvalue weighted by Gasteiger charge is -1.98. The molecule has 0 amide bonds. The van der Waals surface area contributed by atoms with Crippen LogP contribution in [0.4, 0.5) is 0 Å². The van der Waals surface area contributed by atoms with E-state index in [9.17, 15) is 4.79 Å². The Bertz CT molecular complexity index is 518. The third-order valence-corrected chi connectivity index (χ3v) is 2.40. The topological polar surface area (TPSA) is 47.8 Å². The smallest absolute Gasteiger partial charge is 0.166 e. The summed E-state index contributed by atoms with van der Waals surface area (Å²) in [5.41, 5.74) is 1.23. The maximum absolute atomic E-state index is 10.7. The van der Waals surface area contributed by atoms with E-state index in [0.717, 1.165) is 6.29 Å². The molecule has 0 saturated carbocycles. The standard InChI is InChI=1S/C9H8ClN3O/c1-5-11-8(10)7-3-6(4-14)13(2)9(7)12-5/h3-4H,1-2H3. The van der Waals surface area contributed by atoms with Crippen molar-refractivity contribution in [1.29, 1.82) is 0 Å². The fraction of sp³-hybridized carbons (Fsp3) is 0.222. The number of aromatic nitrogens is 3. The van der Waals surface area contributed by atoms with Crippen LogP contribution in [0.15, 0.2) is 6.07 Å². The van der Waals surface area contributed by atoms with Gasteiger partial charge in [-0.2, -0.15) is 0 Å². The molecule has 2 rings (SSSR count). The predicted octanol–water partition coefficient (Wildman–Crippen LogP) is 1.74. The summed E-state index contributed by atoms with van der Waals surface area (Å²) in [6, 6.07) is 1.68. The van der Waals surface area contributed by atoms with Gasteiger partial charge in [0.05, 0.1) is 11.1 Å². The van der Waals surface area contributed by atoms with Gasteiger partial charge in [0.2, 0.25) is 0 Å². The van der Waals surface area contributed by atoms with Gasteiger partial charge >= 0.3 is 0 Å². The number of fused-ring (bicyclic) bond motifs is 1. The minimum atomic E-state index is 0.385. The molecule has 0 radical (unpaired) electrons. The number of rotatable bonds is 1. The molecule has 14 heavy (non-hydrogen) atoms. The summed E-state index contributed by atoms with van der Waals surface area (Å²) >= 11 is 5.92. The zero-order valence-electron chi connectivity index (χ0n) is 7.78. The highest BCUT2D eigenvalue weighted by molar-refractivity contribution is 6.34. The molecule has 0 spiro atoms. The van der Waals surface area contributed by atoms with Crippen LogP contribution in [-0.4, -0.2) is 20.8 Å². The highest BCUT2D eigenvalue weighted by atomic mass is 35.5. The van der Waals surface area contributed by atoms with Crippen LogP contribution in [-0.2, 0) is 7.05 Å². The molecule has 0 fully saturated rings. The van der Waals surface area contributed by atoms with E-state index >= 15 is 0 Å². The Morgan fingerprint density at radius 1 is 1.50 bits per heavy atom. The van der Waals surface area contributed by atoms with Gasteiger partial charge in [-0.15, -0.1) is 0 Å². The highest BCUT2D eigenvalue weighted by Gasteiger charge is 2.10. The Morgan fingerprint density at radius 3 is 2.86 bits per heavy atom. The van der Waals surface area contributed by atoms with Gasteiger partial charge in [0, 0.05) is 7.05 Å². The predicted molar refractivity (Wildman–Crippen MR) is 53.6 cm³/mol. The van der Waals surface area contributed by atoms with Crippen LogP contribution >= 0.6 is 11.6 Å². The Kier molecular flexibility index (Phi) is 2.00. The van der Waals surface area contributed by atoms with E-state index in [-0.39, 0.29) is 0 Å². The van der Waals surface area contributed by atoms with Crippen molar-refractivity contribution < 1.29 is 4.79 Å². The maximum atomic E-state index is 10.7. The largest absolute Gasteiger partial charge is 0.326 e. The molecule has 0 aromatic carbocycles. The number of nitrogens with zero attached hydrogens (tertiary/aromatic N) is 3. The minimum Gasteiger partial charge on any atom is -0.326 e. The molecule has 72 valence electrons. The van der Waals surface area contributed by atoms with Crippen LogP contribution in [0.25, 0.3) is 11.0 Å². The number of aryl methyl sites for hydroxylation is 2. The Hall–Kier alpha value is -1.42. The summed E-state index contributed by atoms with van der Waals surface area (Å²) < 4.78 is 1.70. The molecule has 0 bridgehead atoms. The molecule has 0 atom stereocenters. The summed E-state index contributed by atoms with van der Waals surface area (Å²) in [5.74, 6) is 0.598. The van der Waals surface area contributed by atoms with Crippen molar-refractivity contribution in [1.82, 2.24) is 14.5 Å². The Labute approximate surface area is 85.5 Å². The molecular formula is C9H8ClN3O. The van der Waals surface area contributed by atoms with E-state index < -0.39 is 0 Å². The van der Waals surface area contributed by atoms with E-state index in [2.05, 4.69) is 9.97 Å². The molecule has 5 heteroatoms. The molecule has 2 aromatic rings. The maximum Gasteiger partial charge on any atom is 0.166 e. The molecular weight excluding hydrogens is 202 g/mol. The van der Waals surface area contributed by atoms with Crippen molar-refractivity contribution in [2.75, 3.05) is 0 Å². The van der Waals surface area contributed by atoms with Crippen molar-refractivity contribution >= 4 is 28.9 Å². The van der Waals surface area contributed by atoms with Gasteiger partial charge in [0.15, 0.2) is 6.29 Å². The van der Waals surface area contributed by atoms with Crippen molar-refractivity contribution in [2.24, 2.45) is 7.05 Å². The molecule has 0 aliphatic rings. The third kappa shape index (κ3) is 1.19. The lowest BCUT2D eigenvalue weighted by Crippen LogP contribution is -1.97. The van der Waals surface area contributed by atoms with E-state index in [1.54, 1.807) is 24.6 Å². The SMILES string of the molecule is Cc1nc(Cl)c2cc(C=O)n(C)c2n1. The van der Waals surface area contributed by atoms with Crippen LogP contribution in [0, 0.1) is 6.92 Å². The second-order valence-electron chi connectivity index (χ2n) is 3.04. The second-order valence-corrected chi connectivity index (χ2v) is 3.40. The number of hydrogen-bond donors (Lipinski definition) is 0. The molecule has 0 N–H and O–H groups in total. The van der Waals surface area contributed by atoms with Crippen molar-refractivity contribution in [3.8, 4) is 0 Å². The summed E-state index contributed by atoms with van der Waals surface area (Å²) in [5, 5.41) is 1.10. The average molecular weight is 210 g/mol. The zero-order valence-corrected chi connectivity index (χ0v) is 8.54. The Morgan fingerprint density at radius 2 is 2.21 bits per heavy atom. The zero-order chi connectivity index (χ0) is 10.3. The molecule has 0 unspecified atom stereocenters. The summed E-state index contributed by atoms with van der Waals surface area (Å²) in [6.45, 7) is 1.76. The average Bonchev–Trinajstić information content (AvgIpc) is 2.44. The van der Waals surface area contributed by atoms with Gasteiger partial charge in [-0.1, -0.05) is 11.6 Å².